The Morgan fingerprint density at radius 2 is 1.79 bits per heavy atom. The summed E-state index contributed by atoms with van der Waals surface area (Å²) in [4.78, 5) is 8.00. The van der Waals surface area contributed by atoms with Gasteiger partial charge in [0.15, 0.2) is 5.76 Å². The van der Waals surface area contributed by atoms with Crippen LogP contribution in [0, 0.1) is 0 Å². The van der Waals surface area contributed by atoms with Crippen molar-refractivity contribution in [3.63, 3.8) is 0 Å². The van der Waals surface area contributed by atoms with Gasteiger partial charge < -0.3 is 4.42 Å². The summed E-state index contributed by atoms with van der Waals surface area (Å²) in [5, 5.41) is 1.08. The molecule has 98 valence electrons. The summed E-state index contributed by atoms with van der Waals surface area (Å²) in [6.45, 7) is 4.00. The summed E-state index contributed by atoms with van der Waals surface area (Å²) in [5.41, 5.74) is 1.45. The maximum Gasteiger partial charge on any atom is 0.232 e. The Kier molecular flexibility index (Phi) is 4.56. The number of nitrogens with zero attached hydrogens (tertiary/aromatic N) is 2. The number of furan rings is 1. The molecule has 0 aliphatic heterocycles. The molecule has 0 N–H and O–H groups in total. The lowest BCUT2D eigenvalue weighted by Gasteiger charge is -1.95. The number of halogens is 2. The predicted molar refractivity (Wildman–Crippen MR) is 81.3 cm³/mol. The van der Waals surface area contributed by atoms with Crippen molar-refractivity contribution in [1.82, 2.24) is 9.97 Å². The van der Waals surface area contributed by atoms with Gasteiger partial charge in [-0.05, 0) is 15.9 Å². The van der Waals surface area contributed by atoms with Gasteiger partial charge in [0.05, 0.1) is 9.86 Å². The minimum absolute atomic E-state index is 0.382. The monoisotopic (exact) mass is 338 g/mol. The van der Waals surface area contributed by atoms with Crippen LogP contribution in [-0.4, -0.2) is 9.97 Å². The van der Waals surface area contributed by atoms with Crippen LogP contribution < -0.4 is 0 Å². The van der Waals surface area contributed by atoms with Crippen molar-refractivity contribution in [2.24, 2.45) is 0 Å². The summed E-state index contributed by atoms with van der Waals surface area (Å²) >= 11 is 9.50. The van der Waals surface area contributed by atoms with E-state index < -0.39 is 0 Å². The second-order valence-corrected chi connectivity index (χ2v) is 4.61. The van der Waals surface area contributed by atoms with Gasteiger partial charge >= 0.3 is 0 Å². The summed E-state index contributed by atoms with van der Waals surface area (Å²) in [7, 11) is 0. The maximum absolute atomic E-state index is 6.02. The number of rotatable bonds is 1. The van der Waals surface area contributed by atoms with Crippen LogP contribution >= 0.6 is 27.5 Å². The Balaban J connectivity index is 0.000000637. The fraction of sp³-hybridized carbons (Fsp3) is 0.143. The highest BCUT2D eigenvalue weighted by atomic mass is 79.9. The Morgan fingerprint density at radius 3 is 2.42 bits per heavy atom. The lowest BCUT2D eigenvalue weighted by atomic mass is 10.2. The van der Waals surface area contributed by atoms with Crippen LogP contribution in [0.15, 0.2) is 45.5 Å². The van der Waals surface area contributed by atoms with Gasteiger partial charge in [-0.25, -0.2) is 9.97 Å². The zero-order chi connectivity index (χ0) is 13.8. The third kappa shape index (κ3) is 2.65. The molecule has 0 aliphatic carbocycles. The molecule has 2 aromatic heterocycles. The SMILES string of the molecule is CC.Clc1ncnc2oc(-c3ccccc3)c(Br)c12. The van der Waals surface area contributed by atoms with Gasteiger partial charge in [0, 0.05) is 5.56 Å². The summed E-state index contributed by atoms with van der Waals surface area (Å²) in [5.74, 6) is 0.711. The van der Waals surface area contributed by atoms with E-state index in [1.807, 2.05) is 44.2 Å². The van der Waals surface area contributed by atoms with E-state index in [0.29, 0.717) is 22.0 Å². The van der Waals surface area contributed by atoms with E-state index in [4.69, 9.17) is 16.0 Å². The smallest absolute Gasteiger partial charge is 0.232 e. The van der Waals surface area contributed by atoms with Gasteiger partial charge in [0.25, 0.3) is 0 Å². The van der Waals surface area contributed by atoms with Gasteiger partial charge in [-0.2, -0.15) is 0 Å². The van der Waals surface area contributed by atoms with E-state index in [2.05, 4.69) is 25.9 Å². The molecule has 2 heterocycles. The zero-order valence-corrected chi connectivity index (χ0v) is 12.9. The van der Waals surface area contributed by atoms with Crippen LogP contribution in [-0.2, 0) is 0 Å². The Hall–Kier alpha value is -1.39. The largest absolute Gasteiger partial charge is 0.436 e. The molecule has 3 rings (SSSR count). The number of fused-ring (bicyclic) bond motifs is 1. The second kappa shape index (κ2) is 6.17. The van der Waals surface area contributed by atoms with E-state index >= 15 is 0 Å². The first-order valence-electron chi connectivity index (χ1n) is 5.91. The first kappa shape index (κ1) is 14.0. The topological polar surface area (TPSA) is 38.9 Å². The van der Waals surface area contributed by atoms with E-state index in [0.717, 1.165) is 10.0 Å². The van der Waals surface area contributed by atoms with Crippen LogP contribution in [0.1, 0.15) is 13.8 Å². The summed E-state index contributed by atoms with van der Waals surface area (Å²) < 4.78 is 6.47. The van der Waals surface area contributed by atoms with Crippen LogP contribution in [0.3, 0.4) is 0 Å². The molecule has 0 radical (unpaired) electrons. The molecule has 3 nitrogen and oxygen atoms in total. The van der Waals surface area contributed by atoms with Gasteiger partial charge in [0.2, 0.25) is 5.71 Å². The molecule has 0 unspecified atom stereocenters. The lowest BCUT2D eigenvalue weighted by molar-refractivity contribution is 0.616. The lowest BCUT2D eigenvalue weighted by Crippen LogP contribution is -1.78. The molecule has 0 amide bonds. The maximum atomic E-state index is 6.02. The predicted octanol–water partition coefficient (Wildman–Crippen LogP) is 5.33. The van der Waals surface area contributed by atoms with Crippen molar-refractivity contribution in [3.8, 4) is 11.3 Å². The minimum Gasteiger partial charge on any atom is -0.436 e. The average molecular weight is 340 g/mol. The zero-order valence-electron chi connectivity index (χ0n) is 10.5. The van der Waals surface area contributed by atoms with Crippen molar-refractivity contribution >= 4 is 38.6 Å². The summed E-state index contributed by atoms with van der Waals surface area (Å²) in [6.07, 6.45) is 1.38. The van der Waals surface area contributed by atoms with E-state index in [1.54, 1.807) is 0 Å². The molecular weight excluding hydrogens is 328 g/mol. The highest BCUT2D eigenvalue weighted by molar-refractivity contribution is 9.10. The fourth-order valence-electron chi connectivity index (χ4n) is 1.64. The molecule has 0 bridgehead atoms. The number of hydrogen-bond donors (Lipinski definition) is 0. The normalized spacial score (nSPS) is 10.1. The number of hydrogen-bond acceptors (Lipinski definition) is 3. The number of benzene rings is 1. The molecule has 0 saturated carbocycles. The molecule has 5 heteroatoms. The first-order valence-corrected chi connectivity index (χ1v) is 7.08. The van der Waals surface area contributed by atoms with Crippen molar-refractivity contribution in [2.45, 2.75) is 13.8 Å². The van der Waals surface area contributed by atoms with Crippen molar-refractivity contribution < 1.29 is 4.42 Å². The van der Waals surface area contributed by atoms with Crippen LogP contribution in [0.5, 0.6) is 0 Å². The molecule has 1 aromatic carbocycles. The van der Waals surface area contributed by atoms with Gasteiger partial charge in [-0.3, -0.25) is 0 Å². The van der Waals surface area contributed by atoms with Gasteiger partial charge in [-0.15, -0.1) is 0 Å². The molecule has 0 atom stereocenters. The first-order chi connectivity index (χ1) is 9.27. The molecule has 0 aliphatic rings. The quantitative estimate of drug-likeness (QED) is 0.562. The van der Waals surface area contributed by atoms with Crippen molar-refractivity contribution in [3.05, 3.63) is 46.3 Å². The van der Waals surface area contributed by atoms with E-state index in [-0.39, 0.29) is 0 Å². The highest BCUT2D eigenvalue weighted by Gasteiger charge is 2.17. The van der Waals surface area contributed by atoms with Crippen molar-refractivity contribution in [1.29, 1.82) is 0 Å². The summed E-state index contributed by atoms with van der Waals surface area (Å²) in [6, 6.07) is 9.77. The van der Waals surface area contributed by atoms with E-state index in [9.17, 15) is 0 Å². The number of aromatic nitrogens is 2. The Morgan fingerprint density at radius 1 is 1.11 bits per heavy atom. The van der Waals surface area contributed by atoms with Crippen LogP contribution in [0.2, 0.25) is 5.15 Å². The Labute approximate surface area is 124 Å². The van der Waals surface area contributed by atoms with E-state index in [1.165, 1.54) is 6.33 Å². The minimum atomic E-state index is 0.382. The van der Waals surface area contributed by atoms with Crippen molar-refractivity contribution in [2.75, 3.05) is 0 Å². The third-order valence-corrected chi connectivity index (χ3v) is 3.46. The standard InChI is InChI=1S/C12H6BrClN2O.C2H6/c13-9-8-11(14)15-6-16-12(8)17-10(9)7-4-2-1-3-5-7;1-2/h1-6H;1-2H3. The second-order valence-electron chi connectivity index (χ2n) is 3.46. The van der Waals surface area contributed by atoms with Crippen LogP contribution in [0.4, 0.5) is 0 Å². The van der Waals surface area contributed by atoms with Crippen LogP contribution in [0.25, 0.3) is 22.4 Å². The third-order valence-electron chi connectivity index (χ3n) is 2.42. The molecular formula is C14H12BrClN2O. The van der Waals surface area contributed by atoms with Gasteiger partial charge in [0.1, 0.15) is 11.5 Å². The molecule has 0 saturated heterocycles. The van der Waals surface area contributed by atoms with Gasteiger partial charge in [-0.1, -0.05) is 55.8 Å². The highest BCUT2D eigenvalue weighted by Crippen LogP contribution is 2.38. The Bertz CT molecular complexity index is 682. The molecule has 0 spiro atoms. The molecule has 0 fully saturated rings. The molecule has 19 heavy (non-hydrogen) atoms. The average Bonchev–Trinajstić information content (AvgIpc) is 2.81. The fourth-order valence-corrected chi connectivity index (χ4v) is 2.64. The molecule has 3 aromatic rings.